The SMILES string of the molecule is CCCn1ccnc(N2CCN(C(C)C(=O)O)CC2)c1=O. The van der Waals surface area contributed by atoms with Crippen LogP contribution in [0.5, 0.6) is 0 Å². The number of aromatic nitrogens is 2. The van der Waals surface area contributed by atoms with Crippen molar-refractivity contribution in [2.45, 2.75) is 32.9 Å². The van der Waals surface area contributed by atoms with Crippen LogP contribution in [0, 0.1) is 0 Å². The van der Waals surface area contributed by atoms with Gasteiger partial charge in [-0.1, -0.05) is 6.92 Å². The van der Waals surface area contributed by atoms with Gasteiger partial charge in [-0.2, -0.15) is 0 Å². The highest BCUT2D eigenvalue weighted by Crippen LogP contribution is 2.11. The van der Waals surface area contributed by atoms with E-state index in [2.05, 4.69) is 4.98 Å². The molecule has 21 heavy (non-hydrogen) atoms. The number of anilines is 1. The van der Waals surface area contributed by atoms with Gasteiger partial charge < -0.3 is 14.6 Å². The largest absolute Gasteiger partial charge is 0.480 e. The van der Waals surface area contributed by atoms with Crippen LogP contribution in [0.3, 0.4) is 0 Å². The van der Waals surface area contributed by atoms with Gasteiger partial charge in [-0.05, 0) is 13.3 Å². The van der Waals surface area contributed by atoms with E-state index in [9.17, 15) is 9.59 Å². The van der Waals surface area contributed by atoms with Gasteiger partial charge in [-0.25, -0.2) is 4.98 Å². The normalized spacial score (nSPS) is 17.7. The molecule has 0 bridgehead atoms. The summed E-state index contributed by atoms with van der Waals surface area (Å²) in [5, 5.41) is 9.04. The number of rotatable bonds is 5. The van der Waals surface area contributed by atoms with Gasteiger partial charge in [0.25, 0.3) is 5.56 Å². The molecule has 1 aromatic heterocycles. The highest BCUT2D eigenvalue weighted by atomic mass is 16.4. The molecule has 0 spiro atoms. The number of nitrogens with zero attached hydrogens (tertiary/aromatic N) is 4. The molecule has 1 unspecified atom stereocenters. The summed E-state index contributed by atoms with van der Waals surface area (Å²) in [5.41, 5.74) is -0.0703. The van der Waals surface area contributed by atoms with Crippen molar-refractivity contribution in [1.82, 2.24) is 14.5 Å². The number of hydrogen-bond acceptors (Lipinski definition) is 5. The van der Waals surface area contributed by atoms with E-state index < -0.39 is 12.0 Å². The molecule has 1 saturated heterocycles. The van der Waals surface area contributed by atoms with E-state index in [0.29, 0.717) is 38.5 Å². The van der Waals surface area contributed by atoms with Crippen molar-refractivity contribution >= 4 is 11.8 Å². The van der Waals surface area contributed by atoms with E-state index in [1.807, 2.05) is 16.7 Å². The maximum Gasteiger partial charge on any atom is 0.320 e. The van der Waals surface area contributed by atoms with Gasteiger partial charge in [0, 0.05) is 45.1 Å². The predicted octanol–water partition coefficient (Wildman–Crippen LogP) is 0.248. The lowest BCUT2D eigenvalue weighted by molar-refractivity contribution is -0.142. The first-order valence-electron chi connectivity index (χ1n) is 7.31. The molecule has 0 amide bonds. The Balaban J connectivity index is 2.07. The average Bonchev–Trinajstić information content (AvgIpc) is 2.49. The number of carboxylic acid groups (broad SMARTS) is 1. The van der Waals surface area contributed by atoms with Crippen LogP contribution >= 0.6 is 0 Å². The van der Waals surface area contributed by atoms with Crippen LogP contribution in [0.2, 0.25) is 0 Å². The lowest BCUT2D eigenvalue weighted by atomic mass is 10.2. The third kappa shape index (κ3) is 3.41. The molecule has 2 heterocycles. The average molecular weight is 294 g/mol. The van der Waals surface area contributed by atoms with Crippen molar-refractivity contribution in [2.24, 2.45) is 0 Å². The number of hydrogen-bond donors (Lipinski definition) is 1. The fourth-order valence-electron chi connectivity index (χ4n) is 2.55. The van der Waals surface area contributed by atoms with Crippen LogP contribution in [-0.4, -0.2) is 57.7 Å². The fraction of sp³-hybridized carbons (Fsp3) is 0.643. The molecule has 1 N–H and O–H groups in total. The number of carbonyl (C=O) groups is 1. The van der Waals surface area contributed by atoms with Gasteiger partial charge in [-0.15, -0.1) is 0 Å². The first-order valence-corrected chi connectivity index (χ1v) is 7.31. The molecule has 0 aromatic carbocycles. The Kier molecular flexibility index (Phi) is 4.95. The number of carboxylic acids is 1. The summed E-state index contributed by atoms with van der Waals surface area (Å²) in [6, 6.07) is -0.493. The summed E-state index contributed by atoms with van der Waals surface area (Å²) in [6.45, 7) is 6.89. The smallest absolute Gasteiger partial charge is 0.320 e. The Morgan fingerprint density at radius 3 is 2.62 bits per heavy atom. The van der Waals surface area contributed by atoms with Crippen LogP contribution in [-0.2, 0) is 11.3 Å². The maximum atomic E-state index is 12.3. The summed E-state index contributed by atoms with van der Waals surface area (Å²) >= 11 is 0. The van der Waals surface area contributed by atoms with E-state index in [1.165, 1.54) is 0 Å². The Bertz CT molecular complexity index is 549. The summed E-state index contributed by atoms with van der Waals surface area (Å²) in [7, 11) is 0. The molecule has 7 nitrogen and oxygen atoms in total. The van der Waals surface area contributed by atoms with Crippen LogP contribution in [0.1, 0.15) is 20.3 Å². The molecule has 1 aromatic rings. The predicted molar refractivity (Wildman–Crippen MR) is 79.7 cm³/mol. The van der Waals surface area contributed by atoms with Gasteiger partial charge in [0.2, 0.25) is 0 Å². The minimum Gasteiger partial charge on any atom is -0.480 e. The van der Waals surface area contributed by atoms with Crippen molar-refractivity contribution in [3.8, 4) is 0 Å². The highest BCUT2D eigenvalue weighted by Gasteiger charge is 2.26. The lowest BCUT2D eigenvalue weighted by Crippen LogP contribution is -2.53. The zero-order valence-electron chi connectivity index (χ0n) is 12.5. The Morgan fingerprint density at radius 2 is 2.05 bits per heavy atom. The molecule has 1 aliphatic rings. The standard InChI is InChI=1S/C14H22N4O3/c1-3-5-18-6-4-15-12(13(18)19)17-9-7-16(8-10-17)11(2)14(20)21/h4,6,11H,3,5,7-10H2,1-2H3,(H,20,21). The van der Waals surface area contributed by atoms with E-state index in [1.54, 1.807) is 23.9 Å². The van der Waals surface area contributed by atoms with Crippen molar-refractivity contribution < 1.29 is 9.90 Å². The highest BCUT2D eigenvalue weighted by molar-refractivity contribution is 5.72. The minimum atomic E-state index is -0.813. The quantitative estimate of drug-likeness (QED) is 0.838. The van der Waals surface area contributed by atoms with Crippen molar-refractivity contribution in [1.29, 1.82) is 0 Å². The summed E-state index contributed by atoms with van der Waals surface area (Å²) in [5.74, 6) is -0.347. The maximum absolute atomic E-state index is 12.3. The topological polar surface area (TPSA) is 78.7 Å². The van der Waals surface area contributed by atoms with Crippen LogP contribution < -0.4 is 10.5 Å². The molecule has 1 atom stereocenters. The van der Waals surface area contributed by atoms with Crippen molar-refractivity contribution in [3.05, 3.63) is 22.7 Å². The van der Waals surface area contributed by atoms with E-state index in [-0.39, 0.29) is 5.56 Å². The van der Waals surface area contributed by atoms with Gasteiger partial charge in [0.15, 0.2) is 5.82 Å². The fourth-order valence-corrected chi connectivity index (χ4v) is 2.55. The summed E-state index contributed by atoms with van der Waals surface area (Å²) in [6.07, 6.45) is 4.25. The lowest BCUT2D eigenvalue weighted by Gasteiger charge is -2.36. The number of piperazine rings is 1. The molecule has 0 saturated carbocycles. The minimum absolute atomic E-state index is 0.0703. The second kappa shape index (κ2) is 6.71. The monoisotopic (exact) mass is 294 g/mol. The number of aliphatic carboxylic acids is 1. The van der Waals surface area contributed by atoms with Crippen LogP contribution in [0.25, 0.3) is 0 Å². The zero-order chi connectivity index (χ0) is 15.4. The second-order valence-corrected chi connectivity index (χ2v) is 5.29. The molecule has 0 aliphatic carbocycles. The molecule has 116 valence electrons. The molecular formula is C14H22N4O3. The molecule has 0 radical (unpaired) electrons. The Labute approximate surface area is 123 Å². The van der Waals surface area contributed by atoms with Gasteiger partial charge in [0.1, 0.15) is 6.04 Å². The Hall–Kier alpha value is -1.89. The first-order chi connectivity index (χ1) is 10.0. The van der Waals surface area contributed by atoms with Gasteiger partial charge >= 0.3 is 5.97 Å². The van der Waals surface area contributed by atoms with Crippen molar-refractivity contribution in [2.75, 3.05) is 31.1 Å². The molecule has 1 fully saturated rings. The Morgan fingerprint density at radius 1 is 1.38 bits per heavy atom. The number of aryl methyl sites for hydroxylation is 1. The second-order valence-electron chi connectivity index (χ2n) is 5.29. The molecule has 7 heteroatoms. The van der Waals surface area contributed by atoms with Crippen molar-refractivity contribution in [3.63, 3.8) is 0 Å². The molecule has 1 aliphatic heterocycles. The van der Waals surface area contributed by atoms with Crippen LogP contribution in [0.4, 0.5) is 5.82 Å². The first kappa shape index (κ1) is 15.5. The van der Waals surface area contributed by atoms with Gasteiger partial charge in [-0.3, -0.25) is 14.5 Å². The summed E-state index contributed by atoms with van der Waals surface area (Å²) in [4.78, 5) is 31.4. The summed E-state index contributed by atoms with van der Waals surface area (Å²) < 4.78 is 1.68. The zero-order valence-corrected chi connectivity index (χ0v) is 12.5. The molecule has 2 rings (SSSR count). The van der Waals surface area contributed by atoms with E-state index >= 15 is 0 Å². The van der Waals surface area contributed by atoms with E-state index in [0.717, 1.165) is 6.42 Å². The third-order valence-electron chi connectivity index (χ3n) is 3.88. The van der Waals surface area contributed by atoms with E-state index in [4.69, 9.17) is 5.11 Å². The molecular weight excluding hydrogens is 272 g/mol. The van der Waals surface area contributed by atoms with Crippen LogP contribution in [0.15, 0.2) is 17.2 Å². The third-order valence-corrected chi connectivity index (χ3v) is 3.88. The van der Waals surface area contributed by atoms with Gasteiger partial charge in [0.05, 0.1) is 0 Å².